The van der Waals surface area contributed by atoms with Gasteiger partial charge in [-0.15, -0.1) is 0 Å². The van der Waals surface area contributed by atoms with Crippen LogP contribution >= 0.6 is 0 Å². The summed E-state index contributed by atoms with van der Waals surface area (Å²) in [5.74, 6) is 0.343. The molecule has 0 radical (unpaired) electrons. The molecule has 0 heterocycles. The summed E-state index contributed by atoms with van der Waals surface area (Å²) in [7, 11) is -1.93. The molecule has 1 fully saturated rings. The molecular formula is C31H37N3O5S. The Labute approximate surface area is 236 Å². The molecule has 2 N–H and O–H groups in total. The molecule has 1 atom stereocenters. The van der Waals surface area contributed by atoms with E-state index in [2.05, 4.69) is 10.0 Å². The summed E-state index contributed by atoms with van der Waals surface area (Å²) in [6, 6.07) is 23.3. The maximum atomic E-state index is 13.5. The quantitative estimate of drug-likeness (QED) is 0.310. The van der Waals surface area contributed by atoms with E-state index >= 15 is 0 Å². The largest absolute Gasteiger partial charge is 0.497 e. The fourth-order valence-electron chi connectivity index (χ4n) is 4.35. The molecule has 0 unspecified atom stereocenters. The molecule has 4 rings (SSSR count). The fourth-order valence-corrected chi connectivity index (χ4v) is 5.66. The van der Waals surface area contributed by atoms with Crippen LogP contribution in [0.5, 0.6) is 5.75 Å². The molecule has 9 heteroatoms. The summed E-state index contributed by atoms with van der Waals surface area (Å²) in [6.45, 7) is 2.49. The van der Waals surface area contributed by atoms with E-state index in [9.17, 15) is 18.0 Å². The minimum Gasteiger partial charge on any atom is -0.497 e. The first-order valence-corrected chi connectivity index (χ1v) is 15.1. The lowest BCUT2D eigenvalue weighted by Gasteiger charge is -2.29. The predicted octanol–water partition coefficient (Wildman–Crippen LogP) is 3.84. The molecule has 1 saturated carbocycles. The predicted molar refractivity (Wildman–Crippen MR) is 154 cm³/mol. The van der Waals surface area contributed by atoms with Crippen molar-refractivity contribution >= 4 is 21.8 Å². The summed E-state index contributed by atoms with van der Waals surface area (Å²) in [4.78, 5) is 28.3. The molecule has 3 aromatic rings. The molecule has 212 valence electrons. The Bertz CT molecular complexity index is 1370. The highest BCUT2D eigenvalue weighted by atomic mass is 32.2. The molecule has 0 saturated heterocycles. The van der Waals surface area contributed by atoms with E-state index in [1.807, 2.05) is 54.6 Å². The van der Waals surface area contributed by atoms with Gasteiger partial charge in [0.1, 0.15) is 11.8 Å². The lowest BCUT2D eigenvalue weighted by atomic mass is 10.1. The number of sulfonamides is 1. The van der Waals surface area contributed by atoms with Gasteiger partial charge in [0.25, 0.3) is 0 Å². The number of nitrogens with one attached hydrogen (secondary N) is 2. The first-order valence-electron chi connectivity index (χ1n) is 13.6. The van der Waals surface area contributed by atoms with Gasteiger partial charge in [-0.25, -0.2) is 13.1 Å². The van der Waals surface area contributed by atoms with Gasteiger partial charge < -0.3 is 15.0 Å². The number of carbonyl (C=O) groups excluding carboxylic acids is 2. The minimum atomic E-state index is -3.52. The number of benzene rings is 3. The van der Waals surface area contributed by atoms with Gasteiger partial charge in [-0.05, 0) is 73.6 Å². The number of hydrogen-bond acceptors (Lipinski definition) is 5. The van der Waals surface area contributed by atoms with Gasteiger partial charge in [-0.2, -0.15) is 0 Å². The summed E-state index contributed by atoms with van der Waals surface area (Å²) in [5.41, 5.74) is 2.86. The first-order chi connectivity index (χ1) is 19.2. The second kappa shape index (κ2) is 13.6. The fraction of sp³-hybridized carbons (Fsp3) is 0.355. The Kier molecular flexibility index (Phi) is 9.95. The normalized spacial score (nSPS) is 13.8. The summed E-state index contributed by atoms with van der Waals surface area (Å²) in [6.07, 6.45) is 3.06. The van der Waals surface area contributed by atoms with Crippen molar-refractivity contribution in [1.82, 2.24) is 14.9 Å². The molecule has 1 aliphatic rings. The average Bonchev–Trinajstić information content (AvgIpc) is 3.78. The molecular weight excluding hydrogens is 526 g/mol. The van der Waals surface area contributed by atoms with Crippen LogP contribution in [0.3, 0.4) is 0 Å². The van der Waals surface area contributed by atoms with Gasteiger partial charge >= 0.3 is 0 Å². The highest BCUT2D eigenvalue weighted by Crippen LogP contribution is 2.23. The Morgan fingerprint density at radius 1 is 0.900 bits per heavy atom. The molecule has 40 heavy (non-hydrogen) atoms. The van der Waals surface area contributed by atoms with Crippen LogP contribution in [0.4, 0.5) is 0 Å². The van der Waals surface area contributed by atoms with Crippen molar-refractivity contribution in [2.75, 3.05) is 13.7 Å². The zero-order valence-electron chi connectivity index (χ0n) is 23.0. The van der Waals surface area contributed by atoms with E-state index in [1.165, 1.54) is 0 Å². The molecule has 0 bridgehead atoms. The van der Waals surface area contributed by atoms with Crippen LogP contribution < -0.4 is 14.8 Å². The number of nitrogens with zero attached hydrogens (tertiary/aromatic N) is 1. The number of rotatable bonds is 14. The summed E-state index contributed by atoms with van der Waals surface area (Å²) < 4.78 is 32.8. The second-order valence-corrected chi connectivity index (χ2v) is 11.8. The number of aryl methyl sites for hydroxylation is 1. The van der Waals surface area contributed by atoms with Gasteiger partial charge in [0, 0.05) is 25.6 Å². The lowest BCUT2D eigenvalue weighted by molar-refractivity contribution is -0.140. The maximum absolute atomic E-state index is 13.5. The smallest absolute Gasteiger partial charge is 0.242 e. The van der Waals surface area contributed by atoms with E-state index in [0.29, 0.717) is 25.1 Å². The molecule has 8 nitrogen and oxygen atoms in total. The standard InChI is InChI=1S/C31H37N3O5S/c1-23(31(36)32-21-20-24-6-4-3-5-7-24)34(22-26-8-15-28(39-2)16-9-26)30(35)19-12-25-10-17-29(18-11-25)40(37,38)33-27-13-14-27/h3-11,15-18,23,27,33H,12-14,19-22H2,1-2H3,(H,32,36)/t23-/m1/s1. The lowest BCUT2D eigenvalue weighted by Crippen LogP contribution is -2.48. The first kappa shape index (κ1) is 29.3. The SMILES string of the molecule is COc1ccc(CN(C(=O)CCc2ccc(S(=O)(=O)NC3CC3)cc2)[C@H](C)C(=O)NCCc2ccccc2)cc1. The monoisotopic (exact) mass is 563 g/mol. The van der Waals surface area contributed by atoms with Crippen LogP contribution in [-0.4, -0.2) is 50.9 Å². The molecule has 1 aliphatic carbocycles. The maximum Gasteiger partial charge on any atom is 0.242 e. The zero-order valence-corrected chi connectivity index (χ0v) is 23.8. The number of carbonyl (C=O) groups is 2. The third-order valence-electron chi connectivity index (χ3n) is 7.00. The highest BCUT2D eigenvalue weighted by Gasteiger charge is 2.28. The van der Waals surface area contributed by atoms with Crippen LogP contribution in [-0.2, 0) is 39.0 Å². The van der Waals surface area contributed by atoms with Crippen molar-refractivity contribution in [1.29, 1.82) is 0 Å². The van der Waals surface area contributed by atoms with Crippen LogP contribution in [0, 0.1) is 0 Å². The van der Waals surface area contributed by atoms with Crippen LogP contribution in [0.15, 0.2) is 83.8 Å². The third kappa shape index (κ3) is 8.40. The topological polar surface area (TPSA) is 105 Å². The molecule has 2 amide bonds. The van der Waals surface area contributed by atoms with Crippen molar-refractivity contribution < 1.29 is 22.7 Å². The van der Waals surface area contributed by atoms with Crippen LogP contribution in [0.2, 0.25) is 0 Å². The number of amides is 2. The van der Waals surface area contributed by atoms with Gasteiger partial charge in [0.2, 0.25) is 21.8 Å². The van der Waals surface area contributed by atoms with E-state index in [-0.39, 0.29) is 35.7 Å². The highest BCUT2D eigenvalue weighted by molar-refractivity contribution is 7.89. The third-order valence-corrected chi connectivity index (χ3v) is 8.53. The summed E-state index contributed by atoms with van der Waals surface area (Å²) in [5, 5.41) is 2.97. The van der Waals surface area contributed by atoms with Crippen LogP contribution in [0.25, 0.3) is 0 Å². The van der Waals surface area contributed by atoms with Gasteiger partial charge in [-0.1, -0.05) is 54.6 Å². The van der Waals surface area contributed by atoms with Crippen molar-refractivity contribution in [3.8, 4) is 5.75 Å². The Morgan fingerprint density at radius 2 is 1.52 bits per heavy atom. The molecule has 0 aliphatic heterocycles. The second-order valence-electron chi connectivity index (χ2n) is 10.1. The van der Waals surface area contributed by atoms with Crippen molar-refractivity contribution in [2.24, 2.45) is 0 Å². The van der Waals surface area contributed by atoms with E-state index in [4.69, 9.17) is 4.74 Å². The van der Waals surface area contributed by atoms with Gasteiger partial charge in [-0.3, -0.25) is 9.59 Å². The number of ether oxygens (including phenoxy) is 1. The molecule has 0 aromatic heterocycles. The Morgan fingerprint density at radius 3 is 2.15 bits per heavy atom. The summed E-state index contributed by atoms with van der Waals surface area (Å²) >= 11 is 0. The van der Waals surface area contributed by atoms with Crippen molar-refractivity contribution in [3.05, 3.63) is 95.6 Å². The molecule has 3 aromatic carbocycles. The zero-order chi connectivity index (χ0) is 28.5. The average molecular weight is 564 g/mol. The van der Waals surface area contributed by atoms with E-state index in [1.54, 1.807) is 43.2 Å². The van der Waals surface area contributed by atoms with Gasteiger partial charge in [0.15, 0.2) is 0 Å². The van der Waals surface area contributed by atoms with Crippen molar-refractivity contribution in [2.45, 2.75) is 62.6 Å². The Hall–Kier alpha value is -3.69. The number of methoxy groups -OCH3 is 1. The van der Waals surface area contributed by atoms with Crippen molar-refractivity contribution in [3.63, 3.8) is 0 Å². The van der Waals surface area contributed by atoms with E-state index in [0.717, 1.165) is 29.5 Å². The molecule has 0 spiro atoms. The van der Waals surface area contributed by atoms with E-state index < -0.39 is 16.1 Å². The van der Waals surface area contributed by atoms with Gasteiger partial charge in [0.05, 0.1) is 12.0 Å². The Balaban J connectivity index is 1.39. The minimum absolute atomic E-state index is 0.0384. The van der Waals surface area contributed by atoms with Crippen LogP contribution in [0.1, 0.15) is 42.9 Å². The number of hydrogen-bond donors (Lipinski definition) is 2.